The lowest BCUT2D eigenvalue weighted by Crippen LogP contribution is -2.20. The van der Waals surface area contributed by atoms with Crippen LogP contribution in [0.15, 0.2) is 60.7 Å². The fourth-order valence-corrected chi connectivity index (χ4v) is 3.97. The van der Waals surface area contributed by atoms with Crippen LogP contribution in [0.2, 0.25) is 0 Å². The van der Waals surface area contributed by atoms with E-state index in [-0.39, 0.29) is 52.1 Å². The van der Waals surface area contributed by atoms with E-state index in [0.29, 0.717) is 36.8 Å². The molecule has 0 aliphatic heterocycles. The fraction of sp³-hybridized carbons (Fsp3) is 0.438. The summed E-state index contributed by atoms with van der Waals surface area (Å²) in [6.45, 7) is -0.339. The van der Waals surface area contributed by atoms with Gasteiger partial charge in [-0.1, -0.05) is 60.7 Å². The second-order valence-corrected chi connectivity index (χ2v) is 9.82. The molecule has 0 aliphatic rings. The highest BCUT2D eigenvalue weighted by atomic mass is 16.5. The van der Waals surface area contributed by atoms with Crippen LogP contribution < -0.4 is 0 Å². The van der Waals surface area contributed by atoms with Crippen molar-refractivity contribution in [3.63, 3.8) is 0 Å². The van der Waals surface area contributed by atoms with E-state index >= 15 is 0 Å². The van der Waals surface area contributed by atoms with Crippen molar-refractivity contribution in [1.82, 2.24) is 0 Å². The van der Waals surface area contributed by atoms with Gasteiger partial charge < -0.3 is 29.2 Å². The average molecular weight is 615 g/mol. The summed E-state index contributed by atoms with van der Waals surface area (Å²) < 4.78 is 20.3. The number of carboxylic acids is 2. The molecule has 2 N–H and O–H groups in total. The van der Waals surface area contributed by atoms with E-state index in [1.165, 1.54) is 0 Å². The molecule has 2 unspecified atom stereocenters. The Balaban J connectivity index is 1.46. The lowest BCUT2D eigenvalue weighted by molar-refractivity contribution is -0.153. The summed E-state index contributed by atoms with van der Waals surface area (Å²) in [5, 5.41) is 18.7. The second-order valence-electron chi connectivity index (χ2n) is 9.82. The number of ether oxygens (including phenoxy) is 4. The molecule has 2 aromatic carbocycles. The van der Waals surface area contributed by atoms with Gasteiger partial charge in [0.1, 0.15) is 25.0 Å². The third-order valence-corrected chi connectivity index (χ3v) is 6.45. The molecular formula is C32H38O12. The predicted molar refractivity (Wildman–Crippen MR) is 154 cm³/mol. The summed E-state index contributed by atoms with van der Waals surface area (Å²) in [7, 11) is 0. The van der Waals surface area contributed by atoms with Crippen molar-refractivity contribution in [2.24, 2.45) is 0 Å². The van der Waals surface area contributed by atoms with E-state index < -0.39 is 47.7 Å². The second kappa shape index (κ2) is 20.2. The lowest BCUT2D eigenvalue weighted by atomic mass is 10.0. The first-order valence-electron chi connectivity index (χ1n) is 14.3. The first-order valence-corrected chi connectivity index (χ1v) is 14.3. The number of esters is 4. The molecule has 0 heterocycles. The minimum atomic E-state index is -1.12. The average Bonchev–Trinajstić information content (AvgIpc) is 3.01. The van der Waals surface area contributed by atoms with E-state index in [0.717, 1.165) is 0 Å². The number of carboxylic acid groups (broad SMARTS) is 2. The highest BCUT2D eigenvalue weighted by Crippen LogP contribution is 2.18. The monoisotopic (exact) mass is 614 g/mol. The molecule has 12 nitrogen and oxygen atoms in total. The Hall–Kier alpha value is -4.74. The van der Waals surface area contributed by atoms with Crippen LogP contribution >= 0.6 is 0 Å². The Morgan fingerprint density at radius 3 is 1.11 bits per heavy atom. The van der Waals surface area contributed by atoms with Crippen LogP contribution in [0, 0.1) is 0 Å². The molecule has 238 valence electrons. The lowest BCUT2D eigenvalue weighted by Gasteiger charge is -2.13. The largest absolute Gasteiger partial charge is 0.481 e. The van der Waals surface area contributed by atoms with Gasteiger partial charge in [0.2, 0.25) is 0 Å². The SMILES string of the molecule is O=C(CCC(=O)OCC(C(=O)O)c1ccccc1)OCCCCCCOC(=O)CCC(=O)OCC(C(=O)O)c1ccccc1. The number of hydrogen-bond donors (Lipinski definition) is 2. The Bertz CT molecular complexity index is 1120. The molecule has 0 amide bonds. The van der Waals surface area contributed by atoms with Crippen molar-refractivity contribution in [1.29, 1.82) is 0 Å². The van der Waals surface area contributed by atoms with Crippen LogP contribution in [0.1, 0.15) is 74.3 Å². The van der Waals surface area contributed by atoms with Crippen molar-refractivity contribution in [3.05, 3.63) is 71.8 Å². The van der Waals surface area contributed by atoms with E-state index in [4.69, 9.17) is 18.9 Å². The maximum atomic E-state index is 11.9. The van der Waals surface area contributed by atoms with Crippen LogP contribution in [0.5, 0.6) is 0 Å². The predicted octanol–water partition coefficient (Wildman–Crippen LogP) is 4.02. The molecule has 44 heavy (non-hydrogen) atoms. The molecule has 2 rings (SSSR count). The molecule has 2 aromatic rings. The highest BCUT2D eigenvalue weighted by Gasteiger charge is 2.23. The normalized spacial score (nSPS) is 11.9. The number of carbonyl (C=O) groups excluding carboxylic acids is 4. The Morgan fingerprint density at radius 1 is 0.477 bits per heavy atom. The van der Waals surface area contributed by atoms with Crippen LogP contribution in [0.25, 0.3) is 0 Å². The maximum Gasteiger partial charge on any atom is 0.314 e. The van der Waals surface area contributed by atoms with Crippen molar-refractivity contribution in [3.8, 4) is 0 Å². The van der Waals surface area contributed by atoms with Gasteiger partial charge in [-0.25, -0.2) is 0 Å². The molecule has 0 aliphatic carbocycles. The highest BCUT2D eigenvalue weighted by molar-refractivity contribution is 5.80. The van der Waals surface area contributed by atoms with E-state index in [1.807, 2.05) is 0 Å². The van der Waals surface area contributed by atoms with Crippen molar-refractivity contribution >= 4 is 35.8 Å². The number of benzene rings is 2. The van der Waals surface area contributed by atoms with E-state index in [9.17, 15) is 39.0 Å². The molecule has 0 fully saturated rings. The van der Waals surface area contributed by atoms with Gasteiger partial charge in [-0.15, -0.1) is 0 Å². The van der Waals surface area contributed by atoms with Gasteiger partial charge in [-0.3, -0.25) is 28.8 Å². The third-order valence-electron chi connectivity index (χ3n) is 6.45. The van der Waals surface area contributed by atoms with Gasteiger partial charge in [0, 0.05) is 0 Å². The topological polar surface area (TPSA) is 180 Å². The molecule has 0 spiro atoms. The quantitative estimate of drug-likeness (QED) is 0.117. The van der Waals surface area contributed by atoms with Crippen LogP contribution in [0.4, 0.5) is 0 Å². The molecule has 0 saturated carbocycles. The van der Waals surface area contributed by atoms with Crippen molar-refractivity contribution < 1.29 is 57.9 Å². The summed E-state index contributed by atoms with van der Waals surface area (Å²) in [6, 6.07) is 16.8. The van der Waals surface area contributed by atoms with Crippen LogP contribution in [-0.2, 0) is 47.7 Å². The van der Waals surface area contributed by atoms with Crippen molar-refractivity contribution in [2.45, 2.75) is 63.2 Å². The number of unbranched alkanes of at least 4 members (excludes halogenated alkanes) is 3. The first kappa shape index (κ1) is 35.5. The smallest absolute Gasteiger partial charge is 0.314 e. The fourth-order valence-electron chi connectivity index (χ4n) is 3.97. The van der Waals surface area contributed by atoms with Gasteiger partial charge >= 0.3 is 35.8 Å². The molecule has 2 atom stereocenters. The first-order chi connectivity index (χ1) is 21.2. The van der Waals surface area contributed by atoms with Gasteiger partial charge in [0.05, 0.1) is 38.9 Å². The van der Waals surface area contributed by atoms with Gasteiger partial charge in [-0.05, 0) is 36.8 Å². The molecule has 12 heteroatoms. The Morgan fingerprint density at radius 2 is 0.795 bits per heavy atom. The Labute approximate surface area is 255 Å². The van der Waals surface area contributed by atoms with Gasteiger partial charge in [0.25, 0.3) is 0 Å². The zero-order valence-corrected chi connectivity index (χ0v) is 24.4. The van der Waals surface area contributed by atoms with Gasteiger partial charge in [0.15, 0.2) is 0 Å². The number of hydrogen-bond acceptors (Lipinski definition) is 10. The maximum absolute atomic E-state index is 11.9. The zero-order chi connectivity index (χ0) is 32.2. The molecule has 0 aromatic heterocycles. The summed E-state index contributed by atoms with van der Waals surface area (Å²) in [4.78, 5) is 70.5. The summed E-state index contributed by atoms with van der Waals surface area (Å²) in [6.07, 6.45) is 1.76. The minimum Gasteiger partial charge on any atom is -0.481 e. The summed E-state index contributed by atoms with van der Waals surface area (Å²) in [5.74, 6) is -6.73. The van der Waals surface area contributed by atoms with Gasteiger partial charge in [-0.2, -0.15) is 0 Å². The standard InChI is InChI=1S/C32H38O12/c33-27(15-17-29(35)43-21-25(31(37)38)23-11-5-3-6-12-23)41-19-9-1-2-10-20-42-28(34)16-18-30(36)44-22-26(32(39)40)24-13-7-4-8-14-24/h3-8,11-14,25-26H,1-2,9-10,15-22H2,(H,37,38)(H,39,40). The molecule has 0 saturated heterocycles. The van der Waals surface area contributed by atoms with Crippen LogP contribution in [0.3, 0.4) is 0 Å². The zero-order valence-electron chi connectivity index (χ0n) is 24.4. The van der Waals surface area contributed by atoms with E-state index in [1.54, 1.807) is 60.7 Å². The number of carbonyl (C=O) groups is 6. The van der Waals surface area contributed by atoms with Crippen LogP contribution in [-0.4, -0.2) is 72.5 Å². The number of rotatable bonds is 21. The number of aliphatic carboxylic acids is 2. The summed E-state index contributed by atoms with van der Waals surface area (Å²) in [5.41, 5.74) is 1.02. The van der Waals surface area contributed by atoms with E-state index in [2.05, 4.69) is 0 Å². The third kappa shape index (κ3) is 14.4. The summed E-state index contributed by atoms with van der Waals surface area (Å²) >= 11 is 0. The molecule has 0 radical (unpaired) electrons. The van der Waals surface area contributed by atoms with Crippen molar-refractivity contribution in [2.75, 3.05) is 26.4 Å². The Kier molecular flexibility index (Phi) is 16.3. The minimum absolute atomic E-state index is 0.165. The molecule has 0 bridgehead atoms. The molecular weight excluding hydrogens is 576 g/mol.